The fraction of sp³-hybridized carbons (Fsp3) is 0.571. The number of ether oxygens (including phenoxy) is 2. The molecule has 1 atom stereocenters. The van der Waals surface area contributed by atoms with Crippen LogP contribution in [0.4, 0.5) is 0 Å². The quantitative estimate of drug-likeness (QED) is 0.790. The molecule has 3 nitrogen and oxygen atoms in total. The van der Waals surface area contributed by atoms with E-state index in [0.29, 0.717) is 0 Å². The highest BCUT2D eigenvalue weighted by Crippen LogP contribution is 2.13. The van der Waals surface area contributed by atoms with Crippen LogP contribution in [0.25, 0.3) is 0 Å². The van der Waals surface area contributed by atoms with Crippen molar-refractivity contribution in [3.63, 3.8) is 0 Å². The molecule has 0 aliphatic carbocycles. The van der Waals surface area contributed by atoms with E-state index in [2.05, 4.69) is 17.4 Å². The maximum atomic E-state index is 5.59. The molecule has 1 aromatic rings. The number of nitrogens with one attached hydrogen (secondary N) is 1. The van der Waals surface area contributed by atoms with Crippen LogP contribution in [0.1, 0.15) is 26.3 Å². The van der Waals surface area contributed by atoms with E-state index in [1.807, 2.05) is 32.9 Å². The molecule has 0 bridgehead atoms. The van der Waals surface area contributed by atoms with Crippen LogP contribution in [-0.4, -0.2) is 25.9 Å². The zero-order chi connectivity index (χ0) is 12.7. The van der Waals surface area contributed by atoms with Crippen molar-refractivity contribution in [1.82, 2.24) is 5.32 Å². The fourth-order valence-corrected chi connectivity index (χ4v) is 1.46. The molecule has 0 saturated heterocycles. The predicted octanol–water partition coefficient (Wildman–Crippen LogP) is 2.60. The summed E-state index contributed by atoms with van der Waals surface area (Å²) in [4.78, 5) is 0. The third-order valence-electron chi connectivity index (χ3n) is 2.46. The third kappa shape index (κ3) is 5.71. The Labute approximate surface area is 104 Å². The molecule has 0 saturated carbocycles. The van der Waals surface area contributed by atoms with Crippen molar-refractivity contribution < 1.29 is 9.47 Å². The van der Waals surface area contributed by atoms with Crippen molar-refractivity contribution in [2.45, 2.75) is 39.5 Å². The summed E-state index contributed by atoms with van der Waals surface area (Å²) in [6.45, 7) is 7.83. The highest BCUT2D eigenvalue weighted by atomic mass is 16.5. The Kier molecular flexibility index (Phi) is 6.01. The molecule has 3 heteroatoms. The van der Waals surface area contributed by atoms with E-state index in [9.17, 15) is 0 Å². The van der Waals surface area contributed by atoms with Gasteiger partial charge < -0.3 is 14.8 Å². The second kappa shape index (κ2) is 7.30. The van der Waals surface area contributed by atoms with Crippen LogP contribution in [-0.2, 0) is 11.3 Å². The first-order valence-electron chi connectivity index (χ1n) is 6.11. The number of benzene rings is 1. The van der Waals surface area contributed by atoms with Crippen molar-refractivity contribution >= 4 is 0 Å². The van der Waals surface area contributed by atoms with Crippen LogP contribution in [0.15, 0.2) is 24.3 Å². The van der Waals surface area contributed by atoms with Crippen LogP contribution < -0.4 is 10.1 Å². The van der Waals surface area contributed by atoms with Gasteiger partial charge in [-0.2, -0.15) is 0 Å². The summed E-state index contributed by atoms with van der Waals surface area (Å²) in [7, 11) is 1.73. The number of hydrogen-bond acceptors (Lipinski definition) is 3. The molecule has 0 amide bonds. The summed E-state index contributed by atoms with van der Waals surface area (Å²) in [6.07, 6.45) is 0.472. The Morgan fingerprint density at radius 3 is 2.29 bits per heavy atom. The molecule has 0 heterocycles. The molecule has 96 valence electrons. The highest BCUT2D eigenvalue weighted by Gasteiger charge is 2.00. The monoisotopic (exact) mass is 237 g/mol. The van der Waals surface area contributed by atoms with E-state index in [-0.39, 0.29) is 12.2 Å². The van der Waals surface area contributed by atoms with Crippen molar-refractivity contribution in [1.29, 1.82) is 0 Å². The Morgan fingerprint density at radius 2 is 1.76 bits per heavy atom. The molecule has 17 heavy (non-hydrogen) atoms. The molecule has 0 spiro atoms. The van der Waals surface area contributed by atoms with Gasteiger partial charge >= 0.3 is 0 Å². The van der Waals surface area contributed by atoms with Gasteiger partial charge in [-0.3, -0.25) is 0 Å². The zero-order valence-electron chi connectivity index (χ0n) is 11.2. The molecule has 0 fully saturated rings. The molecular weight excluding hydrogens is 214 g/mol. The van der Waals surface area contributed by atoms with E-state index in [1.165, 1.54) is 5.56 Å². The summed E-state index contributed by atoms with van der Waals surface area (Å²) < 4.78 is 10.8. The van der Waals surface area contributed by atoms with Crippen LogP contribution in [0.2, 0.25) is 0 Å². The SMILES string of the molecule is COC(C)CNCc1ccc(OC(C)C)cc1. The smallest absolute Gasteiger partial charge is 0.119 e. The van der Waals surface area contributed by atoms with Gasteiger partial charge in [0, 0.05) is 20.2 Å². The molecule has 0 radical (unpaired) electrons. The van der Waals surface area contributed by atoms with Gasteiger partial charge in [-0.05, 0) is 38.5 Å². The van der Waals surface area contributed by atoms with E-state index in [0.717, 1.165) is 18.8 Å². The van der Waals surface area contributed by atoms with Crippen molar-refractivity contribution in [3.8, 4) is 5.75 Å². The average molecular weight is 237 g/mol. The maximum Gasteiger partial charge on any atom is 0.119 e. The molecular formula is C14H23NO2. The minimum absolute atomic E-state index is 0.224. The fourth-order valence-electron chi connectivity index (χ4n) is 1.46. The largest absolute Gasteiger partial charge is 0.491 e. The minimum atomic E-state index is 0.224. The molecule has 0 aliphatic rings. The topological polar surface area (TPSA) is 30.5 Å². The van der Waals surface area contributed by atoms with Gasteiger partial charge in [-0.15, -0.1) is 0 Å². The normalized spacial score (nSPS) is 12.8. The molecule has 1 unspecified atom stereocenters. The summed E-state index contributed by atoms with van der Waals surface area (Å²) in [6, 6.07) is 8.19. The van der Waals surface area contributed by atoms with Crippen molar-refractivity contribution in [3.05, 3.63) is 29.8 Å². The molecule has 0 aliphatic heterocycles. The lowest BCUT2D eigenvalue weighted by Crippen LogP contribution is -2.25. The van der Waals surface area contributed by atoms with E-state index >= 15 is 0 Å². The second-order valence-electron chi connectivity index (χ2n) is 4.49. The number of methoxy groups -OCH3 is 1. The van der Waals surface area contributed by atoms with Gasteiger partial charge in [0.2, 0.25) is 0 Å². The lowest BCUT2D eigenvalue weighted by atomic mass is 10.2. The average Bonchev–Trinajstić information content (AvgIpc) is 2.30. The Bertz CT molecular complexity index is 309. The standard InChI is InChI=1S/C14H23NO2/c1-11(2)17-14-7-5-13(6-8-14)10-15-9-12(3)16-4/h5-8,11-12,15H,9-10H2,1-4H3. The number of rotatable bonds is 7. The lowest BCUT2D eigenvalue weighted by molar-refractivity contribution is 0.117. The lowest BCUT2D eigenvalue weighted by Gasteiger charge is -2.12. The van der Waals surface area contributed by atoms with E-state index in [4.69, 9.17) is 9.47 Å². The summed E-state index contributed by atoms with van der Waals surface area (Å²) in [5.74, 6) is 0.925. The second-order valence-corrected chi connectivity index (χ2v) is 4.49. The number of hydrogen-bond donors (Lipinski definition) is 1. The maximum absolute atomic E-state index is 5.59. The summed E-state index contributed by atoms with van der Waals surface area (Å²) in [5.41, 5.74) is 1.25. The van der Waals surface area contributed by atoms with Gasteiger partial charge in [-0.1, -0.05) is 12.1 Å². The Hall–Kier alpha value is -1.06. The van der Waals surface area contributed by atoms with Crippen LogP contribution in [0.5, 0.6) is 5.75 Å². The highest BCUT2D eigenvalue weighted by molar-refractivity contribution is 5.27. The van der Waals surface area contributed by atoms with Crippen molar-refractivity contribution in [2.24, 2.45) is 0 Å². The van der Waals surface area contributed by atoms with E-state index < -0.39 is 0 Å². The third-order valence-corrected chi connectivity index (χ3v) is 2.46. The molecule has 1 N–H and O–H groups in total. The Morgan fingerprint density at radius 1 is 1.12 bits per heavy atom. The zero-order valence-corrected chi connectivity index (χ0v) is 11.2. The summed E-state index contributed by atoms with van der Waals surface area (Å²) >= 11 is 0. The van der Waals surface area contributed by atoms with Crippen molar-refractivity contribution in [2.75, 3.05) is 13.7 Å². The van der Waals surface area contributed by atoms with E-state index in [1.54, 1.807) is 7.11 Å². The Balaban J connectivity index is 2.35. The van der Waals surface area contributed by atoms with Gasteiger partial charge in [0.1, 0.15) is 5.75 Å². The van der Waals surface area contributed by atoms with Gasteiger partial charge in [0.15, 0.2) is 0 Å². The minimum Gasteiger partial charge on any atom is -0.491 e. The molecule has 1 rings (SSSR count). The first kappa shape index (κ1) is 14.0. The van der Waals surface area contributed by atoms with Crippen LogP contribution >= 0.6 is 0 Å². The molecule has 0 aromatic heterocycles. The molecule has 1 aromatic carbocycles. The van der Waals surface area contributed by atoms with Gasteiger partial charge in [0.25, 0.3) is 0 Å². The predicted molar refractivity (Wildman–Crippen MR) is 70.4 cm³/mol. The first-order valence-corrected chi connectivity index (χ1v) is 6.11. The van der Waals surface area contributed by atoms with Gasteiger partial charge in [-0.25, -0.2) is 0 Å². The van der Waals surface area contributed by atoms with Crippen LogP contribution in [0, 0.1) is 0 Å². The first-order chi connectivity index (χ1) is 8.11. The van der Waals surface area contributed by atoms with Gasteiger partial charge in [0.05, 0.1) is 12.2 Å². The summed E-state index contributed by atoms with van der Waals surface area (Å²) in [5, 5.41) is 3.35. The van der Waals surface area contributed by atoms with Crippen LogP contribution in [0.3, 0.4) is 0 Å².